The molecule has 0 saturated heterocycles. The molecule has 0 aliphatic carbocycles. The third-order valence-corrected chi connectivity index (χ3v) is 4.84. The van der Waals surface area contributed by atoms with E-state index in [1.165, 1.54) is 0 Å². The van der Waals surface area contributed by atoms with Gasteiger partial charge in [-0.15, -0.1) is 0 Å². The van der Waals surface area contributed by atoms with Gasteiger partial charge in [-0.2, -0.15) is 5.26 Å². The summed E-state index contributed by atoms with van der Waals surface area (Å²) >= 11 is 3.52. The number of hydrogen-bond donors (Lipinski definition) is 1. The molecule has 2 aromatic rings. The number of carbonyl (C=O) groups excluding carboxylic acids is 1. The number of rotatable bonds is 4. The fourth-order valence-electron chi connectivity index (χ4n) is 2.74. The van der Waals surface area contributed by atoms with E-state index >= 15 is 0 Å². The van der Waals surface area contributed by atoms with Gasteiger partial charge in [0.2, 0.25) is 0 Å². The van der Waals surface area contributed by atoms with Gasteiger partial charge in [0, 0.05) is 27.6 Å². The molecule has 5 heteroatoms. The standard InChI is InChI=1S/C20H22BrN3O/c1-12(2)23-20(25)17(11-22)10-16-9-14(4)24(15(16)5)18-6-7-19(21)13(3)8-18/h6-10,12H,1-5H3,(H,23,25)/b17-10-. The summed E-state index contributed by atoms with van der Waals surface area (Å²) in [6.07, 6.45) is 1.66. The Morgan fingerprint density at radius 3 is 2.52 bits per heavy atom. The zero-order valence-electron chi connectivity index (χ0n) is 15.1. The van der Waals surface area contributed by atoms with Crippen molar-refractivity contribution in [3.63, 3.8) is 0 Å². The van der Waals surface area contributed by atoms with Gasteiger partial charge in [0.05, 0.1) is 0 Å². The topological polar surface area (TPSA) is 57.8 Å². The number of halogens is 1. The van der Waals surface area contributed by atoms with Gasteiger partial charge < -0.3 is 9.88 Å². The quantitative estimate of drug-likeness (QED) is 0.603. The molecule has 1 amide bonds. The third-order valence-electron chi connectivity index (χ3n) is 3.95. The number of carbonyl (C=O) groups is 1. The number of amides is 1. The van der Waals surface area contributed by atoms with Crippen LogP contribution in [0.25, 0.3) is 11.8 Å². The molecule has 2 rings (SSSR count). The maximum absolute atomic E-state index is 12.1. The number of aromatic nitrogens is 1. The minimum Gasteiger partial charge on any atom is -0.349 e. The summed E-state index contributed by atoms with van der Waals surface area (Å²) in [4.78, 5) is 12.1. The Bertz CT molecular complexity index is 885. The van der Waals surface area contributed by atoms with Gasteiger partial charge in [-0.25, -0.2) is 0 Å². The molecule has 4 nitrogen and oxygen atoms in total. The molecule has 0 aliphatic rings. The molecular formula is C20H22BrN3O. The summed E-state index contributed by atoms with van der Waals surface area (Å²) < 4.78 is 3.19. The lowest BCUT2D eigenvalue weighted by Gasteiger charge is -2.11. The van der Waals surface area contributed by atoms with Crippen molar-refractivity contribution in [2.24, 2.45) is 0 Å². The Morgan fingerprint density at radius 2 is 1.96 bits per heavy atom. The number of benzene rings is 1. The summed E-state index contributed by atoms with van der Waals surface area (Å²) in [6, 6.07) is 10.2. The number of nitrogens with zero attached hydrogens (tertiary/aromatic N) is 2. The van der Waals surface area contributed by atoms with Crippen LogP contribution in [0.15, 0.2) is 34.3 Å². The molecule has 0 bridgehead atoms. The molecule has 1 heterocycles. The summed E-state index contributed by atoms with van der Waals surface area (Å²) in [5, 5.41) is 12.1. The normalized spacial score (nSPS) is 11.5. The van der Waals surface area contributed by atoms with Crippen LogP contribution in [0.5, 0.6) is 0 Å². The second-order valence-corrected chi connectivity index (χ2v) is 7.25. The Morgan fingerprint density at radius 1 is 1.28 bits per heavy atom. The summed E-state index contributed by atoms with van der Waals surface area (Å²) in [5.41, 5.74) is 5.22. The fraction of sp³-hybridized carbons (Fsp3) is 0.300. The van der Waals surface area contributed by atoms with Gasteiger partial charge in [0.25, 0.3) is 5.91 Å². The minimum absolute atomic E-state index is 0.0116. The Labute approximate surface area is 157 Å². The maximum atomic E-state index is 12.1. The van der Waals surface area contributed by atoms with Gasteiger partial charge in [0.15, 0.2) is 0 Å². The summed E-state index contributed by atoms with van der Waals surface area (Å²) in [5.74, 6) is -0.346. The molecule has 1 aromatic carbocycles. The second kappa shape index (κ2) is 7.71. The van der Waals surface area contributed by atoms with E-state index in [9.17, 15) is 10.1 Å². The smallest absolute Gasteiger partial charge is 0.262 e. The largest absolute Gasteiger partial charge is 0.349 e. The molecule has 25 heavy (non-hydrogen) atoms. The lowest BCUT2D eigenvalue weighted by molar-refractivity contribution is -0.117. The number of aryl methyl sites for hydroxylation is 2. The predicted octanol–water partition coefficient (Wildman–Crippen LogP) is 4.60. The number of nitrogens with one attached hydrogen (secondary N) is 1. The van der Waals surface area contributed by atoms with Crippen LogP contribution in [0.3, 0.4) is 0 Å². The van der Waals surface area contributed by atoms with Gasteiger partial charge in [-0.05, 0) is 76.1 Å². The van der Waals surface area contributed by atoms with Gasteiger partial charge in [0.1, 0.15) is 11.6 Å². The highest BCUT2D eigenvalue weighted by atomic mass is 79.9. The lowest BCUT2D eigenvalue weighted by Crippen LogP contribution is -2.30. The van der Waals surface area contributed by atoms with Crippen molar-refractivity contribution in [1.82, 2.24) is 9.88 Å². The first-order valence-corrected chi connectivity index (χ1v) is 8.92. The fourth-order valence-corrected chi connectivity index (χ4v) is 2.99. The van der Waals surface area contributed by atoms with Gasteiger partial charge >= 0.3 is 0 Å². The molecule has 0 unspecified atom stereocenters. The third kappa shape index (κ3) is 4.21. The van der Waals surface area contributed by atoms with E-state index < -0.39 is 0 Å². The van der Waals surface area contributed by atoms with E-state index in [0.717, 1.165) is 32.7 Å². The zero-order valence-corrected chi connectivity index (χ0v) is 16.7. The summed E-state index contributed by atoms with van der Waals surface area (Å²) in [6.45, 7) is 9.80. The highest BCUT2D eigenvalue weighted by Crippen LogP contribution is 2.26. The van der Waals surface area contributed by atoms with E-state index in [1.807, 2.05) is 58.9 Å². The lowest BCUT2D eigenvalue weighted by atomic mass is 10.1. The van der Waals surface area contributed by atoms with Crippen LogP contribution in [-0.2, 0) is 4.79 Å². The predicted molar refractivity (Wildman–Crippen MR) is 105 cm³/mol. The average molecular weight is 400 g/mol. The zero-order chi connectivity index (χ0) is 18.7. The van der Waals surface area contributed by atoms with E-state index in [1.54, 1.807) is 6.08 Å². The van der Waals surface area contributed by atoms with Crippen LogP contribution in [0.2, 0.25) is 0 Å². The average Bonchev–Trinajstić information content (AvgIpc) is 2.81. The Kier molecular flexibility index (Phi) is 5.86. The number of nitriles is 1. The molecular weight excluding hydrogens is 378 g/mol. The second-order valence-electron chi connectivity index (χ2n) is 6.39. The molecule has 0 fully saturated rings. The van der Waals surface area contributed by atoms with Crippen LogP contribution in [0.1, 0.15) is 36.4 Å². The highest BCUT2D eigenvalue weighted by Gasteiger charge is 2.14. The first-order chi connectivity index (χ1) is 11.7. The number of hydrogen-bond acceptors (Lipinski definition) is 2. The van der Waals surface area contributed by atoms with Gasteiger partial charge in [-0.1, -0.05) is 15.9 Å². The molecule has 0 radical (unpaired) electrons. The van der Waals surface area contributed by atoms with Crippen molar-refractivity contribution < 1.29 is 4.79 Å². The first-order valence-electron chi connectivity index (χ1n) is 8.12. The van der Waals surface area contributed by atoms with Crippen LogP contribution >= 0.6 is 15.9 Å². The SMILES string of the molecule is Cc1cc(-n2c(C)cc(/C=C(/C#N)C(=O)NC(C)C)c2C)ccc1Br. The molecule has 130 valence electrons. The Hall–Kier alpha value is -2.32. The minimum atomic E-state index is -0.346. The molecule has 0 saturated carbocycles. The van der Waals surface area contributed by atoms with Crippen molar-refractivity contribution >= 4 is 27.9 Å². The van der Waals surface area contributed by atoms with Crippen LogP contribution in [0.4, 0.5) is 0 Å². The monoisotopic (exact) mass is 399 g/mol. The summed E-state index contributed by atoms with van der Waals surface area (Å²) in [7, 11) is 0. The molecule has 1 aromatic heterocycles. The van der Waals surface area contributed by atoms with E-state index in [-0.39, 0.29) is 17.5 Å². The maximum Gasteiger partial charge on any atom is 0.262 e. The first kappa shape index (κ1) is 19.0. The van der Waals surface area contributed by atoms with Crippen molar-refractivity contribution in [2.75, 3.05) is 0 Å². The van der Waals surface area contributed by atoms with Gasteiger partial charge in [-0.3, -0.25) is 4.79 Å². The van der Waals surface area contributed by atoms with Crippen molar-refractivity contribution in [1.29, 1.82) is 5.26 Å². The van der Waals surface area contributed by atoms with Crippen LogP contribution < -0.4 is 5.32 Å². The van der Waals surface area contributed by atoms with E-state index in [0.29, 0.717) is 0 Å². The highest BCUT2D eigenvalue weighted by molar-refractivity contribution is 9.10. The van der Waals surface area contributed by atoms with Crippen molar-refractivity contribution in [3.05, 3.63) is 56.8 Å². The van der Waals surface area contributed by atoms with Crippen molar-refractivity contribution in [3.8, 4) is 11.8 Å². The molecule has 0 aliphatic heterocycles. The Balaban J connectivity index is 2.48. The molecule has 0 spiro atoms. The van der Waals surface area contributed by atoms with Crippen LogP contribution in [0, 0.1) is 32.1 Å². The van der Waals surface area contributed by atoms with E-state index in [2.05, 4.69) is 31.9 Å². The molecule has 0 atom stereocenters. The van der Waals surface area contributed by atoms with Crippen molar-refractivity contribution in [2.45, 2.75) is 40.7 Å². The molecule has 1 N–H and O–H groups in total. The van der Waals surface area contributed by atoms with Crippen LogP contribution in [-0.4, -0.2) is 16.5 Å². The van der Waals surface area contributed by atoms with E-state index in [4.69, 9.17) is 0 Å².